The van der Waals surface area contributed by atoms with Gasteiger partial charge in [0.2, 0.25) is 0 Å². The Morgan fingerprint density at radius 3 is 1.33 bits per heavy atom. The third-order valence-electron chi connectivity index (χ3n) is 0.553. The predicted octanol–water partition coefficient (Wildman–Crippen LogP) is -0.0667. The molecule has 0 aliphatic rings. The Balaban J connectivity index is 0. The summed E-state index contributed by atoms with van der Waals surface area (Å²) in [6.45, 7) is 0. The maximum absolute atomic E-state index is 9.64. The molecular formula is C4H6O4Zn+2. The summed E-state index contributed by atoms with van der Waals surface area (Å²) < 4.78 is 0. The van der Waals surface area contributed by atoms with Gasteiger partial charge in [-0.2, -0.15) is 0 Å². The van der Waals surface area contributed by atoms with Crippen molar-refractivity contribution >= 4 is 11.9 Å². The molecule has 0 heterocycles. The molecule has 0 unspecified atom stereocenters. The molecular weight excluding hydrogens is 177 g/mol. The van der Waals surface area contributed by atoms with Gasteiger partial charge in [0.15, 0.2) is 0 Å². The molecule has 0 spiro atoms. The van der Waals surface area contributed by atoms with Crippen LogP contribution in [0.15, 0.2) is 0 Å². The Morgan fingerprint density at radius 2 is 1.22 bits per heavy atom. The van der Waals surface area contributed by atoms with E-state index in [0.29, 0.717) is 0 Å². The van der Waals surface area contributed by atoms with Crippen LogP contribution in [0.3, 0.4) is 0 Å². The topological polar surface area (TPSA) is 74.6 Å². The second-order valence-electron chi connectivity index (χ2n) is 1.29. The molecule has 0 aromatic heterocycles. The Labute approximate surface area is 64.6 Å². The fourth-order valence-electron chi connectivity index (χ4n) is 0.214. The van der Waals surface area contributed by atoms with Crippen LogP contribution in [0.4, 0.5) is 0 Å². The fourth-order valence-corrected chi connectivity index (χ4v) is 0.214. The molecule has 0 saturated heterocycles. The van der Waals surface area contributed by atoms with Crippen LogP contribution in [0.5, 0.6) is 0 Å². The van der Waals surface area contributed by atoms with Crippen molar-refractivity contribution in [2.24, 2.45) is 0 Å². The Kier molecular flexibility index (Phi) is 7.20. The van der Waals surface area contributed by atoms with Gasteiger partial charge in [0.25, 0.3) is 0 Å². The number of rotatable bonds is 3. The van der Waals surface area contributed by atoms with Gasteiger partial charge in [-0.25, -0.2) is 0 Å². The molecule has 9 heavy (non-hydrogen) atoms. The molecule has 0 aliphatic heterocycles. The van der Waals surface area contributed by atoms with Gasteiger partial charge in [0.1, 0.15) is 0 Å². The van der Waals surface area contributed by atoms with Crippen molar-refractivity contribution in [3.8, 4) is 0 Å². The van der Waals surface area contributed by atoms with Gasteiger partial charge in [-0.1, -0.05) is 0 Å². The van der Waals surface area contributed by atoms with Gasteiger partial charge >= 0.3 is 31.4 Å². The maximum atomic E-state index is 9.64. The number of carboxylic acid groups (broad SMARTS) is 2. The van der Waals surface area contributed by atoms with E-state index < -0.39 is 11.9 Å². The van der Waals surface area contributed by atoms with E-state index in [1.807, 2.05) is 0 Å². The van der Waals surface area contributed by atoms with Gasteiger partial charge in [-0.05, 0) is 0 Å². The summed E-state index contributed by atoms with van der Waals surface area (Å²) >= 11 is 0. The second kappa shape index (κ2) is 5.70. The average molecular weight is 183 g/mol. The quantitative estimate of drug-likeness (QED) is 0.601. The number of carboxylic acids is 2. The molecule has 0 aliphatic carbocycles. The number of hydrogen-bond acceptors (Lipinski definition) is 2. The van der Waals surface area contributed by atoms with Gasteiger partial charge in [-0.3, -0.25) is 9.59 Å². The van der Waals surface area contributed by atoms with Gasteiger partial charge in [-0.15, -0.1) is 0 Å². The van der Waals surface area contributed by atoms with Crippen LogP contribution in [-0.2, 0) is 29.1 Å². The zero-order valence-electron chi connectivity index (χ0n) is 4.83. The molecule has 0 bridgehead atoms. The first-order valence-electron chi connectivity index (χ1n) is 2.06. The summed E-state index contributed by atoms with van der Waals surface area (Å²) in [5, 5.41) is 15.8. The van der Waals surface area contributed by atoms with E-state index in [2.05, 4.69) is 0 Å². The SMILES string of the molecule is O=C(O)CCC(=O)O.[Zn+2]. The van der Waals surface area contributed by atoms with Crippen molar-refractivity contribution in [1.82, 2.24) is 0 Å². The Hall–Kier alpha value is -0.437. The number of aliphatic carboxylic acids is 2. The van der Waals surface area contributed by atoms with Crippen LogP contribution in [0.1, 0.15) is 12.8 Å². The van der Waals surface area contributed by atoms with Crippen LogP contribution in [0, 0.1) is 0 Å². The number of hydrogen-bond donors (Lipinski definition) is 2. The summed E-state index contributed by atoms with van der Waals surface area (Å²) in [7, 11) is 0. The maximum Gasteiger partial charge on any atom is 2.00 e. The largest absolute Gasteiger partial charge is 2.00 e. The van der Waals surface area contributed by atoms with Crippen LogP contribution >= 0.6 is 0 Å². The van der Waals surface area contributed by atoms with Crippen LogP contribution < -0.4 is 0 Å². The van der Waals surface area contributed by atoms with E-state index >= 15 is 0 Å². The monoisotopic (exact) mass is 182 g/mol. The zero-order valence-corrected chi connectivity index (χ0v) is 7.80. The van der Waals surface area contributed by atoms with Crippen LogP contribution in [0.25, 0.3) is 0 Å². The zero-order chi connectivity index (χ0) is 6.57. The van der Waals surface area contributed by atoms with E-state index in [1.165, 1.54) is 0 Å². The summed E-state index contributed by atoms with van der Waals surface area (Å²) in [6.07, 6.45) is -0.593. The van der Waals surface area contributed by atoms with Crippen molar-refractivity contribution in [3.63, 3.8) is 0 Å². The third-order valence-corrected chi connectivity index (χ3v) is 0.553. The Bertz CT molecular complexity index is 97.1. The minimum absolute atomic E-state index is 0. The first-order valence-corrected chi connectivity index (χ1v) is 2.06. The second-order valence-corrected chi connectivity index (χ2v) is 1.29. The van der Waals surface area contributed by atoms with Gasteiger partial charge in [0, 0.05) is 0 Å². The van der Waals surface area contributed by atoms with E-state index in [9.17, 15) is 9.59 Å². The summed E-state index contributed by atoms with van der Waals surface area (Å²) in [5.41, 5.74) is 0. The molecule has 0 amide bonds. The molecule has 0 radical (unpaired) electrons. The minimum atomic E-state index is -1.08. The fraction of sp³-hybridized carbons (Fsp3) is 0.500. The Morgan fingerprint density at radius 1 is 1.00 bits per heavy atom. The van der Waals surface area contributed by atoms with Crippen LogP contribution in [-0.4, -0.2) is 22.2 Å². The first-order chi connectivity index (χ1) is 3.63. The first kappa shape index (κ1) is 11.4. The standard InChI is InChI=1S/C4H6O4.Zn/c5-3(6)1-2-4(7)8;/h1-2H2,(H,5,6)(H,7,8);/q;+2. The van der Waals surface area contributed by atoms with Crippen molar-refractivity contribution in [1.29, 1.82) is 0 Å². The molecule has 0 aromatic carbocycles. The predicted molar refractivity (Wildman–Crippen MR) is 24.5 cm³/mol. The van der Waals surface area contributed by atoms with E-state index in [4.69, 9.17) is 10.2 Å². The molecule has 0 saturated carbocycles. The minimum Gasteiger partial charge on any atom is -0.481 e. The van der Waals surface area contributed by atoms with Crippen molar-refractivity contribution < 1.29 is 39.3 Å². The van der Waals surface area contributed by atoms with Crippen molar-refractivity contribution in [3.05, 3.63) is 0 Å². The van der Waals surface area contributed by atoms with Gasteiger partial charge in [0.05, 0.1) is 12.8 Å². The van der Waals surface area contributed by atoms with Gasteiger partial charge < -0.3 is 10.2 Å². The molecule has 46 valence electrons. The number of carbonyl (C=O) groups is 2. The van der Waals surface area contributed by atoms with E-state index in [1.54, 1.807) is 0 Å². The summed E-state index contributed by atoms with van der Waals surface area (Å²) in [5.74, 6) is -2.15. The third kappa shape index (κ3) is 11.2. The summed E-state index contributed by atoms with van der Waals surface area (Å²) in [6, 6.07) is 0. The molecule has 0 atom stereocenters. The average Bonchev–Trinajstić information content (AvgIpc) is 1.61. The molecule has 4 nitrogen and oxygen atoms in total. The molecule has 5 heteroatoms. The van der Waals surface area contributed by atoms with Crippen LogP contribution in [0.2, 0.25) is 0 Å². The van der Waals surface area contributed by atoms with E-state index in [0.717, 1.165) is 0 Å². The molecule has 0 aromatic rings. The van der Waals surface area contributed by atoms with E-state index in [-0.39, 0.29) is 32.3 Å². The molecule has 2 N–H and O–H groups in total. The van der Waals surface area contributed by atoms with Crippen molar-refractivity contribution in [2.75, 3.05) is 0 Å². The smallest absolute Gasteiger partial charge is 0.481 e. The normalized spacial score (nSPS) is 7.56. The summed E-state index contributed by atoms with van der Waals surface area (Å²) in [4.78, 5) is 19.3. The molecule has 0 rings (SSSR count). The molecule has 0 fully saturated rings. The van der Waals surface area contributed by atoms with Crippen molar-refractivity contribution in [2.45, 2.75) is 12.8 Å².